The molecular formula is C13H19Br2NS. The molecule has 1 aromatic rings. The van der Waals surface area contributed by atoms with E-state index < -0.39 is 0 Å². The summed E-state index contributed by atoms with van der Waals surface area (Å²) in [5.74, 6) is 0. The Morgan fingerprint density at radius 1 is 1.41 bits per heavy atom. The Morgan fingerprint density at radius 3 is 2.71 bits per heavy atom. The summed E-state index contributed by atoms with van der Waals surface area (Å²) in [5, 5.41) is 3.40. The van der Waals surface area contributed by atoms with Gasteiger partial charge in [0.2, 0.25) is 0 Å². The fraction of sp³-hybridized carbons (Fsp3) is 0.538. The number of unbranched alkanes of at least 4 members (excludes halogenated alkanes) is 3. The minimum Gasteiger partial charge on any atom is -0.312 e. The molecule has 0 aliphatic heterocycles. The van der Waals surface area contributed by atoms with Gasteiger partial charge < -0.3 is 5.32 Å². The first-order valence-corrected chi connectivity index (χ1v) is 8.32. The second kappa shape index (κ2) is 8.46. The molecule has 17 heavy (non-hydrogen) atoms. The van der Waals surface area contributed by atoms with Gasteiger partial charge in [0.1, 0.15) is 0 Å². The predicted molar refractivity (Wildman–Crippen MR) is 84.8 cm³/mol. The van der Waals surface area contributed by atoms with Crippen molar-refractivity contribution >= 4 is 43.2 Å². The Bertz CT molecular complexity index is 330. The summed E-state index contributed by atoms with van der Waals surface area (Å²) in [6.45, 7) is 3.75. The van der Waals surface area contributed by atoms with Crippen LogP contribution >= 0.6 is 43.2 Å². The summed E-state index contributed by atoms with van der Waals surface area (Å²) >= 11 is 8.90. The van der Waals surface area contributed by atoms with Crippen LogP contribution in [-0.4, -0.2) is 7.05 Å². The zero-order chi connectivity index (χ0) is 12.7. The maximum absolute atomic E-state index is 3.75. The zero-order valence-corrected chi connectivity index (χ0v) is 14.1. The fourth-order valence-corrected chi connectivity index (χ4v) is 4.01. The van der Waals surface area contributed by atoms with Gasteiger partial charge in [-0.2, -0.15) is 0 Å². The fourth-order valence-electron chi connectivity index (χ4n) is 1.78. The van der Waals surface area contributed by atoms with Crippen LogP contribution in [0.25, 0.3) is 0 Å². The minimum atomic E-state index is 0.478. The molecule has 0 amide bonds. The van der Waals surface area contributed by atoms with Crippen molar-refractivity contribution in [3.8, 4) is 0 Å². The van der Waals surface area contributed by atoms with Gasteiger partial charge in [-0.1, -0.05) is 18.9 Å². The van der Waals surface area contributed by atoms with E-state index in [-0.39, 0.29) is 0 Å². The SMILES string of the molecule is C=CCCCCCC(NC)c1cc(Br)c(Br)s1. The summed E-state index contributed by atoms with van der Waals surface area (Å²) in [4.78, 5) is 1.40. The lowest BCUT2D eigenvalue weighted by molar-refractivity contribution is 0.514. The van der Waals surface area contributed by atoms with Gasteiger partial charge in [-0.25, -0.2) is 0 Å². The largest absolute Gasteiger partial charge is 0.312 e. The van der Waals surface area contributed by atoms with Gasteiger partial charge in [-0.15, -0.1) is 17.9 Å². The maximum Gasteiger partial charge on any atom is 0.0843 e. The van der Waals surface area contributed by atoms with Gasteiger partial charge in [0, 0.05) is 15.4 Å². The molecule has 4 heteroatoms. The van der Waals surface area contributed by atoms with Crippen molar-refractivity contribution in [2.75, 3.05) is 7.05 Å². The van der Waals surface area contributed by atoms with Crippen LogP contribution in [0.5, 0.6) is 0 Å². The van der Waals surface area contributed by atoms with E-state index >= 15 is 0 Å². The molecule has 1 aromatic heterocycles. The van der Waals surface area contributed by atoms with Crippen LogP contribution in [0.2, 0.25) is 0 Å². The highest BCUT2D eigenvalue weighted by atomic mass is 79.9. The molecule has 0 radical (unpaired) electrons. The van der Waals surface area contributed by atoms with Crippen molar-refractivity contribution in [1.82, 2.24) is 5.32 Å². The van der Waals surface area contributed by atoms with Gasteiger partial charge in [0.15, 0.2) is 0 Å². The molecule has 1 nitrogen and oxygen atoms in total. The molecule has 1 unspecified atom stereocenters. The lowest BCUT2D eigenvalue weighted by Gasteiger charge is -2.13. The summed E-state index contributed by atoms with van der Waals surface area (Å²) in [6.07, 6.45) is 8.17. The second-order valence-electron chi connectivity index (χ2n) is 4.04. The summed E-state index contributed by atoms with van der Waals surface area (Å²) < 4.78 is 2.34. The average Bonchev–Trinajstić information content (AvgIpc) is 2.64. The molecule has 1 heterocycles. The highest BCUT2D eigenvalue weighted by Gasteiger charge is 2.13. The Labute approximate surface area is 125 Å². The number of rotatable bonds is 8. The van der Waals surface area contributed by atoms with Gasteiger partial charge >= 0.3 is 0 Å². The number of hydrogen-bond donors (Lipinski definition) is 1. The van der Waals surface area contributed by atoms with Crippen LogP contribution in [0.3, 0.4) is 0 Å². The molecule has 1 atom stereocenters. The Morgan fingerprint density at radius 2 is 2.18 bits per heavy atom. The van der Waals surface area contributed by atoms with Gasteiger partial charge in [0.05, 0.1) is 3.79 Å². The maximum atomic E-state index is 3.75. The third kappa shape index (κ3) is 5.25. The Balaban J connectivity index is 2.40. The second-order valence-corrected chi connectivity index (χ2v) is 7.29. The van der Waals surface area contributed by atoms with Crippen molar-refractivity contribution < 1.29 is 0 Å². The molecule has 0 saturated heterocycles. The van der Waals surface area contributed by atoms with E-state index in [0.29, 0.717) is 6.04 Å². The van der Waals surface area contributed by atoms with Crippen LogP contribution in [0, 0.1) is 0 Å². The summed E-state index contributed by atoms with van der Waals surface area (Å²) in [7, 11) is 2.04. The van der Waals surface area contributed by atoms with E-state index in [4.69, 9.17) is 0 Å². The Hall–Kier alpha value is 0.360. The molecule has 0 aromatic carbocycles. The topological polar surface area (TPSA) is 12.0 Å². The van der Waals surface area contributed by atoms with Gasteiger partial charge in [-0.05, 0) is 64.2 Å². The molecule has 1 N–H and O–H groups in total. The minimum absolute atomic E-state index is 0.478. The quantitative estimate of drug-likeness (QED) is 0.452. The smallest absolute Gasteiger partial charge is 0.0843 e. The van der Waals surface area contributed by atoms with Gasteiger partial charge in [-0.3, -0.25) is 0 Å². The number of allylic oxidation sites excluding steroid dienone is 1. The van der Waals surface area contributed by atoms with Crippen molar-refractivity contribution in [2.45, 2.75) is 38.1 Å². The van der Waals surface area contributed by atoms with Gasteiger partial charge in [0.25, 0.3) is 0 Å². The van der Waals surface area contributed by atoms with Crippen LogP contribution in [-0.2, 0) is 0 Å². The van der Waals surface area contributed by atoms with Crippen LogP contribution in [0.4, 0.5) is 0 Å². The zero-order valence-electron chi connectivity index (χ0n) is 10.1. The lowest BCUT2D eigenvalue weighted by atomic mass is 10.1. The third-order valence-electron chi connectivity index (χ3n) is 2.76. The number of nitrogens with one attached hydrogen (secondary N) is 1. The van der Waals surface area contributed by atoms with Crippen LogP contribution in [0.15, 0.2) is 27.0 Å². The monoisotopic (exact) mass is 379 g/mol. The van der Waals surface area contributed by atoms with E-state index in [2.05, 4.69) is 49.8 Å². The van der Waals surface area contributed by atoms with Crippen molar-refractivity contribution in [3.05, 3.63) is 31.9 Å². The molecule has 0 aliphatic rings. The van der Waals surface area contributed by atoms with E-state index in [1.54, 1.807) is 11.3 Å². The molecule has 0 saturated carbocycles. The van der Waals surface area contributed by atoms with Crippen LogP contribution < -0.4 is 5.32 Å². The number of hydrogen-bond acceptors (Lipinski definition) is 2. The average molecular weight is 381 g/mol. The van der Waals surface area contributed by atoms with Crippen molar-refractivity contribution in [2.24, 2.45) is 0 Å². The summed E-state index contributed by atoms with van der Waals surface area (Å²) in [5.41, 5.74) is 0. The van der Waals surface area contributed by atoms with E-state index in [0.717, 1.165) is 10.9 Å². The molecule has 0 aliphatic carbocycles. The molecule has 1 rings (SSSR count). The molecule has 96 valence electrons. The molecule has 0 bridgehead atoms. The number of halogens is 2. The molecule has 0 spiro atoms. The first kappa shape index (κ1) is 15.4. The first-order chi connectivity index (χ1) is 8.19. The van der Waals surface area contributed by atoms with E-state index in [1.807, 2.05) is 13.1 Å². The van der Waals surface area contributed by atoms with Crippen LogP contribution in [0.1, 0.15) is 43.0 Å². The predicted octanol–water partition coefficient (Wildman–Crippen LogP) is 5.67. The molecule has 0 fully saturated rings. The normalized spacial score (nSPS) is 12.6. The van der Waals surface area contributed by atoms with E-state index in [1.165, 1.54) is 34.3 Å². The first-order valence-electron chi connectivity index (χ1n) is 5.92. The highest BCUT2D eigenvalue weighted by molar-refractivity contribution is 9.13. The standard InChI is InChI=1S/C13H19Br2NS/c1-3-4-5-6-7-8-11(16-2)12-9-10(14)13(15)17-12/h3,9,11,16H,1,4-8H2,2H3. The van der Waals surface area contributed by atoms with Crippen molar-refractivity contribution in [3.63, 3.8) is 0 Å². The summed E-state index contributed by atoms with van der Waals surface area (Å²) in [6, 6.07) is 2.69. The van der Waals surface area contributed by atoms with Crippen molar-refractivity contribution in [1.29, 1.82) is 0 Å². The third-order valence-corrected chi connectivity index (χ3v) is 6.13. The Kier molecular flexibility index (Phi) is 7.67. The number of thiophene rings is 1. The van der Waals surface area contributed by atoms with E-state index in [9.17, 15) is 0 Å². The highest BCUT2D eigenvalue weighted by Crippen LogP contribution is 2.36. The molecular weight excluding hydrogens is 362 g/mol. The lowest BCUT2D eigenvalue weighted by Crippen LogP contribution is -2.14.